The van der Waals surface area contributed by atoms with Crippen molar-refractivity contribution in [2.75, 3.05) is 0 Å². The Morgan fingerprint density at radius 2 is 1.76 bits per heavy atom. The van der Waals surface area contributed by atoms with Gasteiger partial charge in [0, 0.05) is 11.8 Å². The maximum atomic E-state index is 12.4. The van der Waals surface area contributed by atoms with Crippen LogP contribution in [0.5, 0.6) is 0 Å². The summed E-state index contributed by atoms with van der Waals surface area (Å²) in [5.41, 5.74) is 0.160. The molecule has 0 fully saturated rings. The maximum absolute atomic E-state index is 12.4. The number of benzene rings is 1. The van der Waals surface area contributed by atoms with Crippen molar-refractivity contribution < 1.29 is 18.3 Å². The number of hydrogen-bond acceptors (Lipinski definition) is 2. The van der Waals surface area contributed by atoms with Gasteiger partial charge in [-0.05, 0) is 11.6 Å². The highest BCUT2D eigenvalue weighted by molar-refractivity contribution is 5.71. The summed E-state index contributed by atoms with van der Waals surface area (Å²) in [5.74, 6) is 0. The van der Waals surface area contributed by atoms with Crippen molar-refractivity contribution in [2.24, 2.45) is 0 Å². The molecule has 1 unspecified atom stereocenters. The summed E-state index contributed by atoms with van der Waals surface area (Å²) in [7, 11) is 0. The van der Waals surface area contributed by atoms with E-state index in [9.17, 15) is 18.3 Å². The third kappa shape index (κ3) is 2.50. The lowest BCUT2D eigenvalue weighted by atomic mass is 9.99. The minimum atomic E-state index is -4.47. The topological polar surface area (TPSA) is 32.3 Å². The average Bonchev–Trinajstić information content (AvgIpc) is 2.29. The molecule has 1 aromatic rings. The first-order valence-electron chi connectivity index (χ1n) is 4.97. The molecule has 90 valence electrons. The molecule has 0 aromatic heterocycles. The third-order valence-corrected chi connectivity index (χ3v) is 2.44. The van der Waals surface area contributed by atoms with Crippen LogP contribution in [0.25, 0.3) is 5.57 Å². The van der Waals surface area contributed by atoms with Gasteiger partial charge in [0.05, 0.1) is 0 Å². The van der Waals surface area contributed by atoms with Gasteiger partial charge in [-0.1, -0.05) is 30.3 Å². The first-order valence-corrected chi connectivity index (χ1v) is 4.97. The van der Waals surface area contributed by atoms with Gasteiger partial charge in [-0.15, -0.1) is 0 Å². The van der Waals surface area contributed by atoms with Crippen LogP contribution in [0.3, 0.4) is 0 Å². The molecule has 0 saturated carbocycles. The van der Waals surface area contributed by atoms with Gasteiger partial charge in [-0.2, -0.15) is 13.2 Å². The van der Waals surface area contributed by atoms with E-state index in [1.165, 1.54) is 6.20 Å². The molecule has 5 heteroatoms. The summed E-state index contributed by atoms with van der Waals surface area (Å²) in [6.45, 7) is 0. The van der Waals surface area contributed by atoms with Gasteiger partial charge < -0.3 is 10.4 Å². The van der Waals surface area contributed by atoms with Crippen molar-refractivity contribution >= 4 is 5.57 Å². The SMILES string of the molecule is OC1C=C(C(F)(F)F)NC=C1c1ccccc1. The number of allylic oxidation sites excluding steroid dienone is 1. The zero-order valence-electron chi connectivity index (χ0n) is 8.70. The predicted octanol–water partition coefficient (Wildman–Crippen LogP) is 2.44. The van der Waals surface area contributed by atoms with Crippen LogP contribution >= 0.6 is 0 Å². The zero-order valence-corrected chi connectivity index (χ0v) is 8.70. The van der Waals surface area contributed by atoms with Crippen LogP contribution in [0.2, 0.25) is 0 Å². The molecule has 0 saturated heterocycles. The number of nitrogens with one attached hydrogen (secondary N) is 1. The summed E-state index contributed by atoms with van der Waals surface area (Å²) in [5, 5.41) is 11.8. The minimum absolute atomic E-state index is 0.415. The van der Waals surface area contributed by atoms with Crippen LogP contribution < -0.4 is 5.32 Å². The second kappa shape index (κ2) is 4.25. The molecule has 1 atom stereocenters. The fourth-order valence-corrected chi connectivity index (χ4v) is 1.60. The molecule has 2 N–H and O–H groups in total. The van der Waals surface area contributed by atoms with E-state index in [0.717, 1.165) is 6.08 Å². The Kier molecular flexibility index (Phi) is 2.93. The predicted molar refractivity (Wildman–Crippen MR) is 57.7 cm³/mol. The Bertz CT molecular complexity index is 462. The molecule has 1 aromatic carbocycles. The van der Waals surface area contributed by atoms with E-state index >= 15 is 0 Å². The smallest absolute Gasteiger partial charge is 0.384 e. The summed E-state index contributed by atoms with van der Waals surface area (Å²) in [4.78, 5) is 0. The van der Waals surface area contributed by atoms with Crippen LogP contribution in [-0.2, 0) is 0 Å². The van der Waals surface area contributed by atoms with E-state index < -0.39 is 18.0 Å². The summed E-state index contributed by atoms with van der Waals surface area (Å²) in [6, 6.07) is 8.76. The Morgan fingerprint density at radius 3 is 2.29 bits per heavy atom. The molecule has 0 bridgehead atoms. The Hall–Kier alpha value is -1.75. The van der Waals surface area contributed by atoms with Gasteiger partial charge in [-0.3, -0.25) is 0 Å². The number of aliphatic hydroxyl groups excluding tert-OH is 1. The van der Waals surface area contributed by atoms with Gasteiger partial charge in [0.1, 0.15) is 11.8 Å². The molecule has 0 spiro atoms. The molecule has 1 heterocycles. The summed E-state index contributed by atoms with van der Waals surface area (Å²) in [6.07, 6.45) is -3.78. The van der Waals surface area contributed by atoms with Crippen LogP contribution in [0, 0.1) is 0 Å². The largest absolute Gasteiger partial charge is 0.431 e. The Balaban J connectivity index is 2.24. The minimum Gasteiger partial charge on any atom is -0.384 e. The Labute approximate surface area is 96.1 Å². The van der Waals surface area contributed by atoms with E-state index in [2.05, 4.69) is 5.32 Å². The molecule has 17 heavy (non-hydrogen) atoms. The molecular formula is C12H10F3NO. The molecule has 0 aliphatic carbocycles. The maximum Gasteiger partial charge on any atom is 0.431 e. The lowest BCUT2D eigenvalue weighted by Gasteiger charge is -2.21. The van der Waals surface area contributed by atoms with E-state index in [4.69, 9.17) is 0 Å². The van der Waals surface area contributed by atoms with Crippen molar-refractivity contribution in [1.82, 2.24) is 5.32 Å². The van der Waals surface area contributed by atoms with Gasteiger partial charge >= 0.3 is 6.18 Å². The van der Waals surface area contributed by atoms with E-state index in [-0.39, 0.29) is 0 Å². The zero-order chi connectivity index (χ0) is 12.5. The monoisotopic (exact) mass is 241 g/mol. The highest BCUT2D eigenvalue weighted by Crippen LogP contribution is 2.29. The van der Waals surface area contributed by atoms with Gasteiger partial charge in [0.15, 0.2) is 0 Å². The third-order valence-electron chi connectivity index (χ3n) is 2.44. The molecule has 2 rings (SSSR count). The number of dihydropyridines is 1. The van der Waals surface area contributed by atoms with Gasteiger partial charge in [0.25, 0.3) is 0 Å². The number of halogens is 3. The standard InChI is InChI=1S/C12H10F3NO/c13-12(14,15)11-6-10(17)9(7-16-11)8-4-2-1-3-5-8/h1-7,10,16-17H. The number of hydrogen-bond donors (Lipinski definition) is 2. The van der Waals surface area contributed by atoms with Crippen LogP contribution in [-0.4, -0.2) is 17.4 Å². The normalized spacial score (nSPS) is 20.4. The molecule has 1 aliphatic heterocycles. The van der Waals surface area contributed by atoms with E-state index in [1.54, 1.807) is 30.3 Å². The van der Waals surface area contributed by atoms with Crippen molar-refractivity contribution in [2.45, 2.75) is 12.3 Å². The average molecular weight is 241 g/mol. The number of aliphatic hydroxyl groups is 1. The van der Waals surface area contributed by atoms with Crippen molar-refractivity contribution in [3.63, 3.8) is 0 Å². The fraction of sp³-hybridized carbons (Fsp3) is 0.167. The second-order valence-corrected chi connectivity index (χ2v) is 3.63. The highest BCUT2D eigenvalue weighted by atomic mass is 19.4. The van der Waals surface area contributed by atoms with Gasteiger partial charge in [0.2, 0.25) is 0 Å². The van der Waals surface area contributed by atoms with Crippen molar-refractivity contribution in [3.8, 4) is 0 Å². The van der Waals surface area contributed by atoms with Crippen LogP contribution in [0.4, 0.5) is 13.2 Å². The Morgan fingerprint density at radius 1 is 1.12 bits per heavy atom. The molecule has 0 amide bonds. The number of alkyl halides is 3. The highest BCUT2D eigenvalue weighted by Gasteiger charge is 2.36. The summed E-state index contributed by atoms with van der Waals surface area (Å²) >= 11 is 0. The first kappa shape index (κ1) is 11.7. The van der Waals surface area contributed by atoms with Crippen LogP contribution in [0.1, 0.15) is 5.56 Å². The van der Waals surface area contributed by atoms with Crippen molar-refractivity contribution in [1.29, 1.82) is 0 Å². The lowest BCUT2D eigenvalue weighted by molar-refractivity contribution is -0.0964. The van der Waals surface area contributed by atoms with E-state index in [1.807, 2.05) is 0 Å². The fourth-order valence-electron chi connectivity index (χ4n) is 1.60. The second-order valence-electron chi connectivity index (χ2n) is 3.63. The first-order chi connectivity index (χ1) is 7.98. The molecular weight excluding hydrogens is 231 g/mol. The van der Waals surface area contributed by atoms with Crippen molar-refractivity contribution in [3.05, 3.63) is 53.9 Å². The van der Waals surface area contributed by atoms with E-state index in [0.29, 0.717) is 11.1 Å². The van der Waals surface area contributed by atoms with Crippen LogP contribution in [0.15, 0.2) is 48.3 Å². The number of rotatable bonds is 1. The summed E-state index contributed by atoms with van der Waals surface area (Å²) < 4.78 is 37.1. The lowest BCUT2D eigenvalue weighted by Crippen LogP contribution is -2.29. The quantitative estimate of drug-likeness (QED) is 0.791. The molecule has 2 nitrogen and oxygen atoms in total. The molecule has 1 aliphatic rings. The molecule has 0 radical (unpaired) electrons. The van der Waals surface area contributed by atoms with Gasteiger partial charge in [-0.25, -0.2) is 0 Å².